The van der Waals surface area contributed by atoms with Crippen molar-refractivity contribution in [2.75, 3.05) is 19.6 Å². The Bertz CT molecular complexity index is 646. The first-order chi connectivity index (χ1) is 11.0. The topological polar surface area (TPSA) is 45.3 Å². The minimum absolute atomic E-state index is 0.122. The molecular weight excluding hydrogens is 288 g/mol. The number of carbonyl (C=O) groups is 1. The third kappa shape index (κ3) is 4.58. The number of H-pyrrole nitrogens is 1. The molecule has 4 nitrogen and oxygen atoms in total. The number of nitrogens with one attached hydrogen (secondary N) is 1. The van der Waals surface area contributed by atoms with E-state index in [0.717, 1.165) is 37.0 Å². The minimum Gasteiger partial charge on any atom is -0.426 e. The van der Waals surface area contributed by atoms with Crippen LogP contribution < -0.4 is 4.74 Å². The van der Waals surface area contributed by atoms with Crippen LogP contribution in [0.4, 0.5) is 0 Å². The van der Waals surface area contributed by atoms with Crippen LogP contribution in [0.25, 0.3) is 10.9 Å². The molecule has 0 spiro atoms. The fraction of sp³-hybridized carbons (Fsp3) is 0.526. The van der Waals surface area contributed by atoms with Gasteiger partial charge >= 0.3 is 5.97 Å². The second-order valence-corrected chi connectivity index (χ2v) is 6.28. The summed E-state index contributed by atoms with van der Waals surface area (Å²) in [6, 6.07) is 5.79. The van der Waals surface area contributed by atoms with Crippen molar-refractivity contribution in [2.24, 2.45) is 5.92 Å². The van der Waals surface area contributed by atoms with Crippen LogP contribution in [-0.4, -0.2) is 35.5 Å². The molecule has 0 aliphatic carbocycles. The highest BCUT2D eigenvalue weighted by molar-refractivity contribution is 5.85. The van der Waals surface area contributed by atoms with E-state index in [2.05, 4.69) is 29.9 Å². The number of nitrogens with zero attached hydrogens (tertiary/aromatic N) is 1. The molecule has 1 aromatic carbocycles. The predicted octanol–water partition coefficient (Wildman–Crippen LogP) is 4.00. The van der Waals surface area contributed by atoms with Crippen molar-refractivity contribution in [3.05, 3.63) is 30.0 Å². The number of esters is 1. The Kier molecular flexibility index (Phi) is 6.22. The van der Waals surface area contributed by atoms with Gasteiger partial charge in [0.15, 0.2) is 0 Å². The first-order valence-corrected chi connectivity index (χ1v) is 8.59. The zero-order valence-electron chi connectivity index (χ0n) is 14.7. The molecular formula is C19H28N2O2. The number of likely N-dealkylation sites (N-methyl/N-ethyl adjacent to an activating group) is 1. The van der Waals surface area contributed by atoms with Crippen LogP contribution in [0.5, 0.6) is 5.75 Å². The average molecular weight is 316 g/mol. The van der Waals surface area contributed by atoms with Crippen molar-refractivity contribution in [1.82, 2.24) is 9.88 Å². The van der Waals surface area contributed by atoms with E-state index < -0.39 is 0 Å². The van der Waals surface area contributed by atoms with E-state index in [1.807, 2.05) is 32.0 Å². The van der Waals surface area contributed by atoms with Gasteiger partial charge in [-0.1, -0.05) is 27.7 Å². The molecule has 0 bridgehead atoms. The molecule has 0 aliphatic rings. The number of hydrogen-bond acceptors (Lipinski definition) is 3. The molecule has 1 aromatic heterocycles. The van der Waals surface area contributed by atoms with Gasteiger partial charge in [0, 0.05) is 23.6 Å². The maximum Gasteiger partial charge on any atom is 0.313 e. The highest BCUT2D eigenvalue weighted by Gasteiger charge is 2.12. The summed E-state index contributed by atoms with van der Waals surface area (Å²) in [5, 5.41) is 1.15. The molecule has 0 saturated carbocycles. The lowest BCUT2D eigenvalue weighted by Crippen LogP contribution is -2.26. The molecule has 4 heteroatoms. The van der Waals surface area contributed by atoms with Gasteiger partial charge in [-0.2, -0.15) is 0 Å². The van der Waals surface area contributed by atoms with Crippen LogP contribution in [0.3, 0.4) is 0 Å². The average Bonchev–Trinajstić information content (AvgIpc) is 2.93. The van der Waals surface area contributed by atoms with E-state index in [0.29, 0.717) is 5.75 Å². The first-order valence-electron chi connectivity index (χ1n) is 8.59. The molecule has 23 heavy (non-hydrogen) atoms. The molecule has 1 heterocycles. The molecule has 126 valence electrons. The van der Waals surface area contributed by atoms with Gasteiger partial charge in [-0.05, 0) is 49.7 Å². The SMILES string of the molecule is CCCN(CC)CCc1c[nH]c2ccc(OC(=O)C(C)C)cc12. The highest BCUT2D eigenvalue weighted by Crippen LogP contribution is 2.25. The van der Waals surface area contributed by atoms with Crippen LogP contribution in [0.2, 0.25) is 0 Å². The first kappa shape index (κ1) is 17.5. The molecule has 2 rings (SSSR count). The summed E-state index contributed by atoms with van der Waals surface area (Å²) in [6.07, 6.45) is 4.24. The molecule has 0 amide bonds. The quantitative estimate of drug-likeness (QED) is 0.591. The third-order valence-electron chi connectivity index (χ3n) is 4.11. The Balaban J connectivity index is 2.13. The standard InChI is InChI=1S/C19H28N2O2/c1-5-10-21(6-2)11-9-15-13-20-18-8-7-16(12-17(15)18)23-19(22)14(3)4/h7-8,12-14,20H,5-6,9-11H2,1-4H3. The van der Waals surface area contributed by atoms with E-state index in [1.165, 1.54) is 12.0 Å². The molecule has 0 radical (unpaired) electrons. The second kappa shape index (κ2) is 8.16. The van der Waals surface area contributed by atoms with Gasteiger partial charge in [-0.3, -0.25) is 4.79 Å². The van der Waals surface area contributed by atoms with E-state index >= 15 is 0 Å². The number of aromatic amines is 1. The molecule has 0 fully saturated rings. The molecule has 0 atom stereocenters. The third-order valence-corrected chi connectivity index (χ3v) is 4.11. The van der Waals surface area contributed by atoms with E-state index in [-0.39, 0.29) is 11.9 Å². The van der Waals surface area contributed by atoms with Gasteiger partial charge in [0.1, 0.15) is 5.75 Å². The van der Waals surface area contributed by atoms with E-state index in [9.17, 15) is 4.79 Å². The molecule has 0 aliphatic heterocycles. The maximum atomic E-state index is 11.8. The summed E-state index contributed by atoms with van der Waals surface area (Å²) in [6.45, 7) is 11.4. The molecule has 0 unspecified atom stereocenters. The van der Waals surface area contributed by atoms with Gasteiger partial charge in [0.25, 0.3) is 0 Å². The molecule has 2 aromatic rings. The summed E-state index contributed by atoms with van der Waals surface area (Å²) in [7, 11) is 0. The zero-order chi connectivity index (χ0) is 16.8. The Hall–Kier alpha value is -1.81. The summed E-state index contributed by atoms with van der Waals surface area (Å²) >= 11 is 0. The lowest BCUT2D eigenvalue weighted by molar-refractivity contribution is -0.137. The van der Waals surface area contributed by atoms with Crippen molar-refractivity contribution in [1.29, 1.82) is 0 Å². The van der Waals surface area contributed by atoms with Crippen molar-refractivity contribution in [3.63, 3.8) is 0 Å². The van der Waals surface area contributed by atoms with E-state index in [4.69, 9.17) is 4.74 Å². The lowest BCUT2D eigenvalue weighted by Gasteiger charge is -2.19. The van der Waals surface area contributed by atoms with Gasteiger partial charge in [-0.15, -0.1) is 0 Å². The number of hydrogen-bond donors (Lipinski definition) is 1. The Morgan fingerprint density at radius 1 is 1.26 bits per heavy atom. The number of rotatable bonds is 8. The second-order valence-electron chi connectivity index (χ2n) is 6.28. The normalized spacial score (nSPS) is 11.6. The number of carbonyl (C=O) groups excluding carboxylic acids is 1. The fourth-order valence-electron chi connectivity index (χ4n) is 2.68. The molecule has 1 N–H and O–H groups in total. The predicted molar refractivity (Wildman–Crippen MR) is 94.9 cm³/mol. The number of aromatic nitrogens is 1. The van der Waals surface area contributed by atoms with Crippen LogP contribution in [0.15, 0.2) is 24.4 Å². The zero-order valence-corrected chi connectivity index (χ0v) is 14.7. The summed E-state index contributed by atoms with van der Waals surface area (Å²) in [4.78, 5) is 17.5. The lowest BCUT2D eigenvalue weighted by atomic mass is 10.1. The van der Waals surface area contributed by atoms with Crippen LogP contribution in [0.1, 0.15) is 39.7 Å². The van der Waals surface area contributed by atoms with Gasteiger partial charge in [0.2, 0.25) is 0 Å². The van der Waals surface area contributed by atoms with Crippen molar-refractivity contribution in [3.8, 4) is 5.75 Å². The van der Waals surface area contributed by atoms with Crippen LogP contribution >= 0.6 is 0 Å². The van der Waals surface area contributed by atoms with Gasteiger partial charge in [-0.25, -0.2) is 0 Å². The fourth-order valence-corrected chi connectivity index (χ4v) is 2.68. The monoisotopic (exact) mass is 316 g/mol. The van der Waals surface area contributed by atoms with E-state index in [1.54, 1.807) is 0 Å². The van der Waals surface area contributed by atoms with Crippen LogP contribution in [0, 0.1) is 5.92 Å². The summed E-state index contributed by atoms with van der Waals surface area (Å²) in [5.41, 5.74) is 2.36. The number of fused-ring (bicyclic) bond motifs is 1. The van der Waals surface area contributed by atoms with Crippen molar-refractivity contribution < 1.29 is 9.53 Å². The minimum atomic E-state index is -0.193. The Labute approximate surface area is 138 Å². The number of benzene rings is 1. The number of ether oxygens (including phenoxy) is 1. The summed E-state index contributed by atoms with van der Waals surface area (Å²) in [5.74, 6) is 0.308. The van der Waals surface area contributed by atoms with Gasteiger partial charge in [0.05, 0.1) is 5.92 Å². The van der Waals surface area contributed by atoms with Crippen molar-refractivity contribution >= 4 is 16.9 Å². The van der Waals surface area contributed by atoms with Crippen LogP contribution in [-0.2, 0) is 11.2 Å². The largest absolute Gasteiger partial charge is 0.426 e. The smallest absolute Gasteiger partial charge is 0.313 e. The maximum absolute atomic E-state index is 11.8. The van der Waals surface area contributed by atoms with Gasteiger partial charge < -0.3 is 14.6 Å². The molecule has 0 saturated heterocycles. The Morgan fingerprint density at radius 2 is 2.04 bits per heavy atom. The Morgan fingerprint density at radius 3 is 2.70 bits per heavy atom. The highest BCUT2D eigenvalue weighted by atomic mass is 16.5. The summed E-state index contributed by atoms with van der Waals surface area (Å²) < 4.78 is 5.43. The van der Waals surface area contributed by atoms with Crippen molar-refractivity contribution in [2.45, 2.75) is 40.5 Å².